The lowest BCUT2D eigenvalue weighted by Gasteiger charge is -2.18. The third-order valence-corrected chi connectivity index (χ3v) is 8.72. The highest BCUT2D eigenvalue weighted by atomic mass is 16.6. The monoisotopic (exact) mass is 671 g/mol. The van der Waals surface area contributed by atoms with Gasteiger partial charge in [0.15, 0.2) is 6.10 Å². The summed E-state index contributed by atoms with van der Waals surface area (Å²) in [5.74, 6) is -1.02. The number of hydrogen-bond acceptors (Lipinski definition) is 8. The van der Waals surface area contributed by atoms with E-state index in [9.17, 15) is 14.4 Å². The van der Waals surface area contributed by atoms with Crippen molar-refractivity contribution in [3.8, 4) is 0 Å². The molecule has 0 amide bonds. The lowest BCUT2D eigenvalue weighted by molar-refractivity contribution is -0.167. The lowest BCUT2D eigenvalue weighted by atomic mass is 10.0. The van der Waals surface area contributed by atoms with E-state index in [0.29, 0.717) is 19.3 Å². The molecule has 0 radical (unpaired) electrons. The molecule has 0 aromatic heterocycles. The third-order valence-electron chi connectivity index (χ3n) is 8.72. The summed E-state index contributed by atoms with van der Waals surface area (Å²) in [5, 5.41) is 17.7. The zero-order valence-electron chi connectivity index (χ0n) is 30.5. The fourth-order valence-corrected chi connectivity index (χ4v) is 5.69. The van der Waals surface area contributed by atoms with E-state index in [0.717, 1.165) is 96.3 Å². The van der Waals surface area contributed by atoms with Crippen molar-refractivity contribution in [2.45, 2.75) is 206 Å². The van der Waals surface area contributed by atoms with Crippen molar-refractivity contribution in [3.05, 3.63) is 0 Å². The van der Waals surface area contributed by atoms with Crippen LogP contribution < -0.4 is 0 Å². The van der Waals surface area contributed by atoms with Crippen LogP contribution >= 0.6 is 0 Å². The molecule has 0 atom stereocenters. The summed E-state index contributed by atoms with van der Waals surface area (Å²) < 4.78 is 16.4. The molecule has 0 aromatic carbocycles. The van der Waals surface area contributed by atoms with Gasteiger partial charge in [0.05, 0.1) is 0 Å². The molecule has 0 aliphatic heterocycles. The second-order valence-electron chi connectivity index (χ2n) is 13.4. The quantitative estimate of drug-likeness (QED) is 0.0381. The van der Waals surface area contributed by atoms with Crippen LogP contribution in [0.2, 0.25) is 0 Å². The topological polar surface area (TPSA) is 119 Å². The van der Waals surface area contributed by atoms with Crippen LogP contribution in [0.15, 0.2) is 0 Å². The molecule has 0 unspecified atom stereocenters. The van der Waals surface area contributed by atoms with Gasteiger partial charge in [0, 0.05) is 32.5 Å². The van der Waals surface area contributed by atoms with Crippen LogP contribution in [0, 0.1) is 0 Å². The third kappa shape index (κ3) is 35.5. The predicted molar refractivity (Wildman–Crippen MR) is 190 cm³/mol. The molecule has 8 heteroatoms. The van der Waals surface area contributed by atoms with Crippen LogP contribution in [0.3, 0.4) is 0 Å². The van der Waals surface area contributed by atoms with Crippen molar-refractivity contribution in [1.29, 1.82) is 0 Å². The fraction of sp³-hybridized carbons (Fsp3) is 0.923. The van der Waals surface area contributed by atoms with Crippen molar-refractivity contribution in [2.75, 3.05) is 26.4 Å². The Hall–Kier alpha value is -1.67. The van der Waals surface area contributed by atoms with Crippen molar-refractivity contribution >= 4 is 17.9 Å². The van der Waals surface area contributed by atoms with Gasteiger partial charge < -0.3 is 24.4 Å². The molecule has 0 saturated heterocycles. The Morgan fingerprint density at radius 2 is 0.681 bits per heavy atom. The van der Waals surface area contributed by atoms with E-state index in [2.05, 4.69) is 6.92 Å². The van der Waals surface area contributed by atoms with E-state index < -0.39 is 6.10 Å². The summed E-state index contributed by atoms with van der Waals surface area (Å²) in [6.45, 7) is 2.48. The number of unbranched alkanes of at least 4 members (excludes halogenated alkanes) is 24. The van der Waals surface area contributed by atoms with Crippen molar-refractivity contribution in [3.63, 3.8) is 0 Å². The molecule has 0 spiro atoms. The maximum atomic E-state index is 12.6. The average Bonchev–Trinajstić information content (AvgIpc) is 3.06. The van der Waals surface area contributed by atoms with Crippen LogP contribution in [0.25, 0.3) is 0 Å². The summed E-state index contributed by atoms with van der Waals surface area (Å²) in [6, 6.07) is 0. The Bertz CT molecular complexity index is 664. The minimum atomic E-state index is -0.802. The molecule has 47 heavy (non-hydrogen) atoms. The number of aliphatic hydroxyl groups excluding tert-OH is 2. The highest BCUT2D eigenvalue weighted by Crippen LogP contribution is 2.15. The largest absolute Gasteiger partial charge is 0.462 e. The molecule has 0 rings (SSSR count). The number of aliphatic hydroxyl groups is 2. The molecular weight excluding hydrogens is 596 g/mol. The highest BCUT2D eigenvalue weighted by Gasteiger charge is 2.19. The van der Waals surface area contributed by atoms with Crippen LogP contribution in [0.1, 0.15) is 200 Å². The van der Waals surface area contributed by atoms with Gasteiger partial charge in [0.25, 0.3) is 0 Å². The van der Waals surface area contributed by atoms with E-state index in [4.69, 9.17) is 24.4 Å². The first-order valence-electron chi connectivity index (χ1n) is 19.8. The Kier molecular flexibility index (Phi) is 35.8. The number of esters is 3. The summed E-state index contributed by atoms with van der Waals surface area (Å²) in [4.78, 5) is 37.2. The van der Waals surface area contributed by atoms with Crippen LogP contribution in [0.4, 0.5) is 0 Å². The number of ether oxygens (including phenoxy) is 3. The maximum Gasteiger partial charge on any atom is 0.306 e. The van der Waals surface area contributed by atoms with E-state index in [-0.39, 0.29) is 44.3 Å². The smallest absolute Gasteiger partial charge is 0.306 e. The number of carbonyl (C=O) groups is 3. The van der Waals surface area contributed by atoms with Gasteiger partial charge in [-0.05, 0) is 32.1 Å². The molecule has 0 bridgehead atoms. The van der Waals surface area contributed by atoms with Gasteiger partial charge in [-0.15, -0.1) is 0 Å². The van der Waals surface area contributed by atoms with Crippen LogP contribution in [0.5, 0.6) is 0 Å². The lowest BCUT2D eigenvalue weighted by Crippen LogP contribution is -2.30. The van der Waals surface area contributed by atoms with Crippen molar-refractivity contribution < 1.29 is 38.8 Å². The van der Waals surface area contributed by atoms with Crippen molar-refractivity contribution in [2.24, 2.45) is 0 Å². The first-order chi connectivity index (χ1) is 23.0. The van der Waals surface area contributed by atoms with Gasteiger partial charge >= 0.3 is 17.9 Å². The Labute approximate surface area is 288 Å². The normalized spacial score (nSPS) is 11.2. The molecule has 0 aliphatic carbocycles. The molecule has 8 nitrogen and oxygen atoms in total. The van der Waals surface area contributed by atoms with Gasteiger partial charge in [-0.2, -0.15) is 0 Å². The first kappa shape index (κ1) is 45.3. The minimum absolute atomic E-state index is 0.113. The molecule has 0 aromatic rings. The van der Waals surface area contributed by atoms with Crippen LogP contribution in [-0.4, -0.2) is 60.7 Å². The first-order valence-corrected chi connectivity index (χ1v) is 19.8. The standard InChI is InChI=1S/C39H74O8/c1-2-3-4-5-6-7-8-9-10-11-12-13-14-21-26-31-39(44)47-36(34-45-37(42)29-24-19-15-17-22-27-32-40)35-46-38(43)30-25-20-16-18-23-28-33-41/h36,40-41H,2-35H2,1H3. The van der Waals surface area contributed by atoms with Crippen LogP contribution in [-0.2, 0) is 28.6 Å². The zero-order valence-corrected chi connectivity index (χ0v) is 30.5. The average molecular weight is 671 g/mol. The summed E-state index contributed by atoms with van der Waals surface area (Å²) in [6.07, 6.45) is 30.1. The van der Waals surface area contributed by atoms with E-state index >= 15 is 0 Å². The zero-order chi connectivity index (χ0) is 34.5. The maximum absolute atomic E-state index is 12.6. The molecule has 0 fully saturated rings. The van der Waals surface area contributed by atoms with Gasteiger partial charge in [-0.3, -0.25) is 14.4 Å². The molecule has 0 saturated carbocycles. The Morgan fingerprint density at radius 3 is 1.00 bits per heavy atom. The van der Waals surface area contributed by atoms with Gasteiger partial charge in [0.1, 0.15) is 13.2 Å². The molecular formula is C39H74O8. The number of hydrogen-bond donors (Lipinski definition) is 2. The van der Waals surface area contributed by atoms with Gasteiger partial charge in [-0.25, -0.2) is 0 Å². The molecule has 278 valence electrons. The molecule has 0 heterocycles. The predicted octanol–water partition coefficient (Wildman–Crippen LogP) is 9.69. The number of carbonyl (C=O) groups excluding carboxylic acids is 3. The minimum Gasteiger partial charge on any atom is -0.462 e. The van der Waals surface area contributed by atoms with Crippen molar-refractivity contribution in [1.82, 2.24) is 0 Å². The molecule has 0 aliphatic rings. The summed E-state index contributed by atoms with van der Waals surface area (Å²) in [7, 11) is 0. The summed E-state index contributed by atoms with van der Waals surface area (Å²) in [5.41, 5.74) is 0. The fourth-order valence-electron chi connectivity index (χ4n) is 5.69. The number of rotatable bonds is 37. The van der Waals surface area contributed by atoms with E-state index in [1.807, 2.05) is 0 Å². The Balaban J connectivity index is 4.23. The SMILES string of the molecule is CCCCCCCCCCCCCCCCCC(=O)OC(COC(=O)CCCCCCCCO)COC(=O)CCCCCCCCO. The summed E-state index contributed by atoms with van der Waals surface area (Å²) >= 11 is 0. The molecule has 2 N–H and O–H groups in total. The van der Waals surface area contributed by atoms with E-state index in [1.54, 1.807) is 0 Å². The second-order valence-corrected chi connectivity index (χ2v) is 13.4. The van der Waals surface area contributed by atoms with Gasteiger partial charge in [-0.1, -0.05) is 148 Å². The highest BCUT2D eigenvalue weighted by molar-refractivity contribution is 5.71. The Morgan fingerprint density at radius 1 is 0.404 bits per heavy atom. The van der Waals surface area contributed by atoms with Gasteiger partial charge in [0.2, 0.25) is 0 Å². The second kappa shape index (κ2) is 37.2. The van der Waals surface area contributed by atoms with E-state index in [1.165, 1.54) is 77.0 Å².